The van der Waals surface area contributed by atoms with E-state index in [9.17, 15) is 8.42 Å². The van der Waals surface area contributed by atoms with Crippen LogP contribution in [0.15, 0.2) is 11.1 Å². The quantitative estimate of drug-likeness (QED) is 0.827. The van der Waals surface area contributed by atoms with Gasteiger partial charge < -0.3 is 5.73 Å². The van der Waals surface area contributed by atoms with Gasteiger partial charge in [0.25, 0.3) is 0 Å². The van der Waals surface area contributed by atoms with Crippen LogP contribution in [0.1, 0.15) is 40.0 Å². The van der Waals surface area contributed by atoms with Crippen molar-refractivity contribution in [2.45, 2.75) is 57.5 Å². The average Bonchev–Trinajstić information content (AvgIpc) is 2.70. The summed E-state index contributed by atoms with van der Waals surface area (Å²) in [6, 6.07) is -0.0519. The molecule has 2 N–H and O–H groups in total. The standard InChI is InChI=1S/C12H24N4O2S/c1-5-7-10(3)15(4)19(17,18)11-9-16(8-6-2)14-12(11)13/h9-10H,5-8H2,1-4H3,(H2,13,14). The number of nitrogens with two attached hydrogens (primary N) is 1. The van der Waals surface area contributed by atoms with Gasteiger partial charge in [0.15, 0.2) is 5.82 Å². The third kappa shape index (κ3) is 3.48. The van der Waals surface area contributed by atoms with Crippen molar-refractivity contribution < 1.29 is 8.42 Å². The van der Waals surface area contributed by atoms with Gasteiger partial charge in [0.05, 0.1) is 0 Å². The Balaban J connectivity index is 3.05. The summed E-state index contributed by atoms with van der Waals surface area (Å²) >= 11 is 0. The first-order valence-electron chi connectivity index (χ1n) is 6.65. The molecule has 0 fully saturated rings. The van der Waals surface area contributed by atoms with Gasteiger partial charge in [0, 0.05) is 25.8 Å². The number of nitrogens with zero attached hydrogens (tertiary/aromatic N) is 3. The molecule has 0 spiro atoms. The molecule has 0 saturated heterocycles. The second-order valence-corrected chi connectivity index (χ2v) is 6.77. The highest BCUT2D eigenvalue weighted by Gasteiger charge is 2.28. The predicted octanol–water partition coefficient (Wildman–Crippen LogP) is 1.68. The fourth-order valence-electron chi connectivity index (χ4n) is 1.95. The minimum absolute atomic E-state index is 0.0519. The number of aryl methyl sites for hydroxylation is 1. The van der Waals surface area contributed by atoms with E-state index in [2.05, 4.69) is 5.10 Å². The lowest BCUT2D eigenvalue weighted by Gasteiger charge is -2.23. The molecule has 0 aliphatic rings. The lowest BCUT2D eigenvalue weighted by atomic mass is 10.2. The van der Waals surface area contributed by atoms with Crippen molar-refractivity contribution in [3.8, 4) is 0 Å². The predicted molar refractivity (Wildman–Crippen MR) is 76.2 cm³/mol. The number of rotatable bonds is 7. The van der Waals surface area contributed by atoms with Crippen molar-refractivity contribution in [2.75, 3.05) is 12.8 Å². The maximum Gasteiger partial charge on any atom is 0.248 e. The molecule has 1 atom stereocenters. The summed E-state index contributed by atoms with van der Waals surface area (Å²) in [5.74, 6) is 0.0731. The second-order valence-electron chi connectivity index (χ2n) is 4.80. The molecule has 1 unspecified atom stereocenters. The molecule has 0 radical (unpaired) electrons. The lowest BCUT2D eigenvalue weighted by Crippen LogP contribution is -2.35. The molecule has 0 aromatic carbocycles. The van der Waals surface area contributed by atoms with Gasteiger partial charge in [-0.15, -0.1) is 0 Å². The van der Waals surface area contributed by atoms with Crippen LogP contribution in [0, 0.1) is 0 Å². The molecule has 0 bridgehead atoms. The van der Waals surface area contributed by atoms with Crippen molar-refractivity contribution in [1.82, 2.24) is 14.1 Å². The highest BCUT2D eigenvalue weighted by Crippen LogP contribution is 2.23. The van der Waals surface area contributed by atoms with Gasteiger partial charge >= 0.3 is 0 Å². The maximum absolute atomic E-state index is 12.5. The Kier molecular flexibility index (Phi) is 5.37. The van der Waals surface area contributed by atoms with Gasteiger partial charge in [-0.2, -0.15) is 9.40 Å². The molecule has 1 rings (SSSR count). The number of sulfonamides is 1. The number of anilines is 1. The smallest absolute Gasteiger partial charge is 0.248 e. The van der Waals surface area contributed by atoms with E-state index in [4.69, 9.17) is 5.73 Å². The summed E-state index contributed by atoms with van der Waals surface area (Å²) in [6.45, 7) is 6.59. The molecule has 1 aromatic rings. The number of aromatic nitrogens is 2. The van der Waals surface area contributed by atoms with E-state index in [-0.39, 0.29) is 16.8 Å². The molecule has 1 aromatic heterocycles. The Labute approximate surface area is 115 Å². The van der Waals surface area contributed by atoms with E-state index in [0.29, 0.717) is 6.54 Å². The van der Waals surface area contributed by atoms with Gasteiger partial charge in [0.2, 0.25) is 10.0 Å². The molecule has 0 aliphatic carbocycles. The molecule has 0 amide bonds. The molecular formula is C12H24N4O2S. The monoisotopic (exact) mass is 288 g/mol. The van der Waals surface area contributed by atoms with Gasteiger partial charge in [-0.25, -0.2) is 8.42 Å². The van der Waals surface area contributed by atoms with Gasteiger partial charge in [-0.1, -0.05) is 20.3 Å². The molecule has 0 saturated carbocycles. The third-order valence-electron chi connectivity index (χ3n) is 3.19. The Morgan fingerprint density at radius 3 is 2.58 bits per heavy atom. The largest absolute Gasteiger partial charge is 0.381 e. The van der Waals surface area contributed by atoms with Crippen LogP contribution in [0.4, 0.5) is 5.82 Å². The lowest BCUT2D eigenvalue weighted by molar-refractivity contribution is 0.369. The van der Waals surface area contributed by atoms with Crippen molar-refractivity contribution in [1.29, 1.82) is 0 Å². The van der Waals surface area contributed by atoms with Crippen molar-refractivity contribution in [2.24, 2.45) is 0 Å². The average molecular weight is 288 g/mol. The summed E-state index contributed by atoms with van der Waals surface area (Å²) in [5, 5.41) is 4.04. The van der Waals surface area contributed by atoms with E-state index >= 15 is 0 Å². The summed E-state index contributed by atoms with van der Waals surface area (Å²) in [5.41, 5.74) is 5.73. The Hall–Kier alpha value is -1.08. The summed E-state index contributed by atoms with van der Waals surface area (Å²) < 4.78 is 27.9. The molecule has 19 heavy (non-hydrogen) atoms. The minimum Gasteiger partial charge on any atom is -0.381 e. The first-order chi connectivity index (χ1) is 8.84. The first kappa shape index (κ1) is 16.0. The van der Waals surface area contributed by atoms with Crippen LogP contribution in [0.5, 0.6) is 0 Å². The van der Waals surface area contributed by atoms with E-state index in [1.54, 1.807) is 11.7 Å². The van der Waals surface area contributed by atoms with Gasteiger partial charge in [0.1, 0.15) is 4.90 Å². The van der Waals surface area contributed by atoms with Crippen LogP contribution in [0.3, 0.4) is 0 Å². The van der Waals surface area contributed by atoms with Crippen LogP contribution in [-0.2, 0) is 16.6 Å². The Morgan fingerprint density at radius 1 is 1.42 bits per heavy atom. The highest BCUT2D eigenvalue weighted by atomic mass is 32.2. The highest BCUT2D eigenvalue weighted by molar-refractivity contribution is 7.89. The van der Waals surface area contributed by atoms with E-state index < -0.39 is 10.0 Å². The molecule has 6 nitrogen and oxygen atoms in total. The van der Waals surface area contributed by atoms with Crippen LogP contribution in [-0.4, -0.2) is 35.6 Å². The van der Waals surface area contributed by atoms with E-state index in [1.165, 1.54) is 10.5 Å². The number of hydrogen-bond acceptors (Lipinski definition) is 4. The first-order valence-corrected chi connectivity index (χ1v) is 8.09. The molecule has 7 heteroatoms. The van der Waals surface area contributed by atoms with Gasteiger partial charge in [-0.3, -0.25) is 4.68 Å². The molecule has 0 aliphatic heterocycles. The Bertz CT molecular complexity index is 510. The third-order valence-corrected chi connectivity index (χ3v) is 5.18. The fourth-order valence-corrected chi connectivity index (χ4v) is 3.40. The van der Waals surface area contributed by atoms with Crippen molar-refractivity contribution in [3.05, 3.63) is 6.20 Å². The fraction of sp³-hybridized carbons (Fsp3) is 0.750. The SMILES string of the molecule is CCCC(C)N(C)S(=O)(=O)c1cn(CCC)nc1N. The number of nitrogen functional groups attached to an aromatic ring is 1. The summed E-state index contributed by atoms with van der Waals surface area (Å²) in [4.78, 5) is 0.103. The summed E-state index contributed by atoms with van der Waals surface area (Å²) in [7, 11) is -1.97. The second kappa shape index (κ2) is 6.38. The molecule has 1 heterocycles. The maximum atomic E-state index is 12.5. The van der Waals surface area contributed by atoms with E-state index in [0.717, 1.165) is 19.3 Å². The summed E-state index contributed by atoms with van der Waals surface area (Å²) in [6.07, 6.45) is 4.15. The zero-order valence-corrected chi connectivity index (χ0v) is 12.9. The van der Waals surface area contributed by atoms with Crippen LogP contribution < -0.4 is 5.73 Å². The minimum atomic E-state index is -3.56. The Morgan fingerprint density at radius 2 is 2.05 bits per heavy atom. The normalized spacial score (nSPS) is 13.9. The zero-order valence-electron chi connectivity index (χ0n) is 12.1. The van der Waals surface area contributed by atoms with Crippen LogP contribution >= 0.6 is 0 Å². The molecular weight excluding hydrogens is 264 g/mol. The van der Waals surface area contributed by atoms with E-state index in [1.807, 2.05) is 20.8 Å². The van der Waals surface area contributed by atoms with Crippen molar-refractivity contribution >= 4 is 15.8 Å². The van der Waals surface area contributed by atoms with Crippen LogP contribution in [0.25, 0.3) is 0 Å². The van der Waals surface area contributed by atoms with Gasteiger partial charge in [-0.05, 0) is 19.8 Å². The zero-order chi connectivity index (χ0) is 14.6. The topological polar surface area (TPSA) is 81.2 Å². The number of hydrogen-bond donors (Lipinski definition) is 1. The molecule has 110 valence electrons. The van der Waals surface area contributed by atoms with Crippen LogP contribution in [0.2, 0.25) is 0 Å². The van der Waals surface area contributed by atoms with Crippen molar-refractivity contribution in [3.63, 3.8) is 0 Å².